The molecule has 2 aromatic rings. The second-order valence-electron chi connectivity index (χ2n) is 3.36. The lowest BCUT2D eigenvalue weighted by atomic mass is 10.1. The summed E-state index contributed by atoms with van der Waals surface area (Å²) < 4.78 is 44.5. The van der Waals surface area contributed by atoms with Crippen molar-refractivity contribution in [1.82, 2.24) is 9.97 Å². The molecule has 0 atom stereocenters. The van der Waals surface area contributed by atoms with Crippen LogP contribution in [0.1, 0.15) is 0 Å². The molecular weight excluding hydrogens is 247 g/mol. The largest absolute Gasteiger partial charge is 0.491 e. The molecule has 2 N–H and O–H groups in total. The van der Waals surface area contributed by atoms with Gasteiger partial charge in [0.15, 0.2) is 29.0 Å². The quantitative estimate of drug-likeness (QED) is 0.835. The van der Waals surface area contributed by atoms with Gasteiger partial charge in [0, 0.05) is 5.56 Å². The molecule has 0 radical (unpaired) electrons. The van der Waals surface area contributed by atoms with Crippen molar-refractivity contribution in [2.45, 2.75) is 0 Å². The molecule has 94 valence electrons. The van der Waals surface area contributed by atoms with E-state index in [0.717, 1.165) is 18.5 Å². The molecule has 1 aromatic carbocycles. The van der Waals surface area contributed by atoms with E-state index in [9.17, 15) is 13.2 Å². The van der Waals surface area contributed by atoms with Gasteiger partial charge in [0.1, 0.15) is 12.0 Å². The third kappa shape index (κ3) is 1.83. The summed E-state index contributed by atoms with van der Waals surface area (Å²) in [7, 11) is 1.29. The lowest BCUT2D eigenvalue weighted by molar-refractivity contribution is 0.414. The molecule has 0 aliphatic heterocycles. The first kappa shape index (κ1) is 12.2. The number of aromatic nitrogens is 2. The Morgan fingerprint density at radius 1 is 1.11 bits per heavy atom. The highest BCUT2D eigenvalue weighted by atomic mass is 19.2. The van der Waals surface area contributed by atoms with Gasteiger partial charge in [-0.15, -0.1) is 0 Å². The van der Waals surface area contributed by atoms with Gasteiger partial charge in [0.05, 0.1) is 7.11 Å². The highest BCUT2D eigenvalue weighted by Gasteiger charge is 2.20. The summed E-state index contributed by atoms with van der Waals surface area (Å²) in [5.41, 5.74) is 5.23. The topological polar surface area (TPSA) is 61.0 Å². The number of ether oxygens (including phenoxy) is 1. The average Bonchev–Trinajstić information content (AvgIpc) is 2.36. The Morgan fingerprint density at radius 3 is 2.50 bits per heavy atom. The predicted octanol–water partition coefficient (Wildman–Crippen LogP) is 2.15. The second kappa shape index (κ2) is 4.52. The number of rotatable bonds is 2. The number of nitrogens with two attached hydrogens (primary N) is 1. The third-order valence-electron chi connectivity index (χ3n) is 2.33. The van der Waals surface area contributed by atoms with Crippen molar-refractivity contribution in [2.24, 2.45) is 0 Å². The van der Waals surface area contributed by atoms with Crippen LogP contribution >= 0.6 is 0 Å². The zero-order chi connectivity index (χ0) is 13.3. The van der Waals surface area contributed by atoms with Gasteiger partial charge in [0.2, 0.25) is 0 Å². The van der Waals surface area contributed by atoms with E-state index in [4.69, 9.17) is 10.5 Å². The molecule has 0 aliphatic rings. The molecule has 7 heteroatoms. The minimum Gasteiger partial charge on any atom is -0.491 e. The lowest BCUT2D eigenvalue weighted by Gasteiger charge is -2.10. The predicted molar refractivity (Wildman–Crippen MR) is 58.3 cm³/mol. The van der Waals surface area contributed by atoms with Gasteiger partial charge in [-0.05, 0) is 12.1 Å². The van der Waals surface area contributed by atoms with Crippen LogP contribution in [0.15, 0.2) is 18.5 Å². The van der Waals surface area contributed by atoms with Crippen LogP contribution in [0.3, 0.4) is 0 Å². The number of nitrogen functional groups attached to an aromatic ring is 1. The van der Waals surface area contributed by atoms with Crippen LogP contribution in [0.4, 0.5) is 19.0 Å². The standard InChI is InChI=1S/C11H8F3N3O/c1-18-10-9(16-4-17-11(10)15)5-2-3-6(12)8(14)7(5)13/h2-4H,1H3,(H2,15,16,17). The van der Waals surface area contributed by atoms with Crippen LogP contribution in [0.5, 0.6) is 5.75 Å². The first-order chi connectivity index (χ1) is 8.56. The van der Waals surface area contributed by atoms with E-state index in [1.807, 2.05) is 0 Å². The number of halogens is 3. The summed E-state index contributed by atoms with van der Waals surface area (Å²) in [5.74, 6) is -4.23. The monoisotopic (exact) mass is 255 g/mol. The van der Waals surface area contributed by atoms with E-state index in [-0.39, 0.29) is 22.8 Å². The van der Waals surface area contributed by atoms with Gasteiger partial charge >= 0.3 is 0 Å². The van der Waals surface area contributed by atoms with Crippen LogP contribution in [-0.2, 0) is 0 Å². The van der Waals surface area contributed by atoms with Crippen LogP contribution in [-0.4, -0.2) is 17.1 Å². The Balaban J connectivity index is 2.70. The molecule has 0 spiro atoms. The van der Waals surface area contributed by atoms with Crippen molar-refractivity contribution >= 4 is 5.82 Å². The summed E-state index contributed by atoms with van der Waals surface area (Å²) in [6.07, 6.45) is 1.08. The molecule has 0 saturated carbocycles. The maximum Gasteiger partial charge on any atom is 0.195 e. The normalized spacial score (nSPS) is 10.4. The number of benzene rings is 1. The molecule has 2 rings (SSSR count). The highest BCUT2D eigenvalue weighted by Crippen LogP contribution is 2.33. The smallest absolute Gasteiger partial charge is 0.195 e. The number of anilines is 1. The fourth-order valence-electron chi connectivity index (χ4n) is 1.49. The first-order valence-corrected chi connectivity index (χ1v) is 4.84. The fraction of sp³-hybridized carbons (Fsp3) is 0.0909. The summed E-state index contributed by atoms with van der Waals surface area (Å²) in [5, 5.41) is 0. The summed E-state index contributed by atoms with van der Waals surface area (Å²) in [6, 6.07) is 1.85. The van der Waals surface area contributed by atoms with Gasteiger partial charge in [0.25, 0.3) is 0 Å². The fourth-order valence-corrected chi connectivity index (χ4v) is 1.49. The summed E-state index contributed by atoms with van der Waals surface area (Å²) in [6.45, 7) is 0. The van der Waals surface area contributed by atoms with Crippen molar-refractivity contribution in [3.05, 3.63) is 35.9 Å². The zero-order valence-corrected chi connectivity index (χ0v) is 9.25. The third-order valence-corrected chi connectivity index (χ3v) is 2.33. The van der Waals surface area contributed by atoms with Crippen LogP contribution in [0, 0.1) is 17.5 Å². The number of methoxy groups -OCH3 is 1. The van der Waals surface area contributed by atoms with Crippen molar-refractivity contribution < 1.29 is 17.9 Å². The molecule has 0 amide bonds. The molecule has 18 heavy (non-hydrogen) atoms. The molecule has 1 aromatic heterocycles. The Morgan fingerprint density at radius 2 is 1.83 bits per heavy atom. The highest BCUT2D eigenvalue weighted by molar-refractivity contribution is 5.71. The van der Waals surface area contributed by atoms with E-state index in [2.05, 4.69) is 9.97 Å². The average molecular weight is 255 g/mol. The van der Waals surface area contributed by atoms with Crippen LogP contribution < -0.4 is 10.5 Å². The lowest BCUT2D eigenvalue weighted by Crippen LogP contribution is -2.02. The molecular formula is C11H8F3N3O. The van der Waals surface area contributed by atoms with Gasteiger partial charge < -0.3 is 10.5 Å². The summed E-state index contributed by atoms with van der Waals surface area (Å²) in [4.78, 5) is 7.42. The van der Waals surface area contributed by atoms with Gasteiger partial charge in [-0.25, -0.2) is 23.1 Å². The molecule has 0 fully saturated rings. The van der Waals surface area contributed by atoms with Gasteiger partial charge in [-0.3, -0.25) is 0 Å². The Bertz CT molecular complexity index is 604. The molecule has 0 saturated heterocycles. The zero-order valence-electron chi connectivity index (χ0n) is 9.25. The molecule has 0 bridgehead atoms. The molecule has 0 unspecified atom stereocenters. The van der Waals surface area contributed by atoms with Crippen LogP contribution in [0.25, 0.3) is 11.3 Å². The minimum atomic E-state index is -1.58. The van der Waals surface area contributed by atoms with E-state index in [1.54, 1.807) is 0 Å². The van der Waals surface area contributed by atoms with Crippen molar-refractivity contribution in [2.75, 3.05) is 12.8 Å². The van der Waals surface area contributed by atoms with Crippen LogP contribution in [0.2, 0.25) is 0 Å². The maximum absolute atomic E-state index is 13.6. The van der Waals surface area contributed by atoms with E-state index in [1.165, 1.54) is 7.11 Å². The second-order valence-corrected chi connectivity index (χ2v) is 3.36. The van der Waals surface area contributed by atoms with Crippen molar-refractivity contribution in [3.63, 3.8) is 0 Å². The molecule has 0 aliphatic carbocycles. The minimum absolute atomic E-state index is 0.00223. The maximum atomic E-state index is 13.6. The Kier molecular flexibility index (Phi) is 3.05. The van der Waals surface area contributed by atoms with Gasteiger partial charge in [-0.1, -0.05) is 0 Å². The Labute approximate surface area is 100 Å². The number of nitrogens with zero attached hydrogens (tertiary/aromatic N) is 2. The van der Waals surface area contributed by atoms with E-state index >= 15 is 0 Å². The van der Waals surface area contributed by atoms with E-state index < -0.39 is 17.5 Å². The molecule has 4 nitrogen and oxygen atoms in total. The summed E-state index contributed by atoms with van der Waals surface area (Å²) >= 11 is 0. The van der Waals surface area contributed by atoms with Gasteiger partial charge in [-0.2, -0.15) is 0 Å². The first-order valence-electron chi connectivity index (χ1n) is 4.84. The Hall–Kier alpha value is -2.31. The van der Waals surface area contributed by atoms with Crippen molar-refractivity contribution in [3.8, 4) is 17.0 Å². The number of hydrogen-bond acceptors (Lipinski definition) is 4. The molecule has 1 heterocycles. The number of hydrogen-bond donors (Lipinski definition) is 1. The van der Waals surface area contributed by atoms with E-state index in [0.29, 0.717) is 0 Å². The SMILES string of the molecule is COc1c(N)ncnc1-c1ccc(F)c(F)c1F. The van der Waals surface area contributed by atoms with Crippen molar-refractivity contribution in [1.29, 1.82) is 0 Å².